The molecule has 1 amide bonds. The summed E-state index contributed by atoms with van der Waals surface area (Å²) in [6.45, 7) is 5.41. The maximum atomic E-state index is 11.9. The van der Waals surface area contributed by atoms with Crippen LogP contribution in [0.25, 0.3) is 0 Å². The van der Waals surface area contributed by atoms with E-state index in [0.29, 0.717) is 31.9 Å². The van der Waals surface area contributed by atoms with E-state index in [0.717, 1.165) is 17.1 Å². The van der Waals surface area contributed by atoms with Crippen LogP contribution in [-0.2, 0) is 11.3 Å². The van der Waals surface area contributed by atoms with E-state index in [1.165, 1.54) is 5.56 Å². The summed E-state index contributed by atoms with van der Waals surface area (Å²) in [6, 6.07) is 15.8. The Balaban J connectivity index is 1.65. The number of carbonyl (C=O) groups excluding carboxylic acids is 1. The average molecular weight is 341 g/mol. The van der Waals surface area contributed by atoms with Gasteiger partial charge in [-0.25, -0.2) is 0 Å². The molecule has 0 heterocycles. The van der Waals surface area contributed by atoms with E-state index < -0.39 is 0 Å². The number of carbonyl (C=O) groups is 1. The molecule has 0 saturated carbocycles. The summed E-state index contributed by atoms with van der Waals surface area (Å²) in [5.41, 5.74) is 2.43. The van der Waals surface area contributed by atoms with Crippen LogP contribution < -0.4 is 14.8 Å². The first kappa shape index (κ1) is 18.8. The maximum absolute atomic E-state index is 11.9. The molecule has 0 saturated heterocycles. The fraction of sp³-hybridized carbons (Fsp3) is 0.381. The molecule has 0 aliphatic rings. The van der Waals surface area contributed by atoms with Crippen molar-refractivity contribution in [1.29, 1.82) is 0 Å². The van der Waals surface area contributed by atoms with E-state index in [1.807, 2.05) is 24.3 Å². The van der Waals surface area contributed by atoms with E-state index in [9.17, 15) is 4.79 Å². The molecule has 2 rings (SSSR count). The zero-order chi connectivity index (χ0) is 18.1. The monoisotopic (exact) mass is 341 g/mol. The Bertz CT molecular complexity index is 665. The van der Waals surface area contributed by atoms with Gasteiger partial charge in [-0.05, 0) is 35.6 Å². The lowest BCUT2D eigenvalue weighted by atomic mass is 10.0. The van der Waals surface area contributed by atoms with Crippen molar-refractivity contribution in [3.63, 3.8) is 0 Å². The van der Waals surface area contributed by atoms with Crippen molar-refractivity contribution in [3.8, 4) is 11.5 Å². The number of amides is 1. The molecule has 0 aliphatic heterocycles. The summed E-state index contributed by atoms with van der Waals surface area (Å²) in [7, 11) is 1.62. The van der Waals surface area contributed by atoms with Crippen molar-refractivity contribution in [2.75, 3.05) is 13.7 Å². The van der Waals surface area contributed by atoms with Gasteiger partial charge in [-0.15, -0.1) is 0 Å². The number of nitrogens with one attached hydrogen (secondary N) is 1. The molecule has 0 bridgehead atoms. The van der Waals surface area contributed by atoms with E-state index >= 15 is 0 Å². The number of methoxy groups -OCH3 is 1. The van der Waals surface area contributed by atoms with Gasteiger partial charge in [0.2, 0.25) is 5.91 Å². The Morgan fingerprint density at radius 1 is 1.08 bits per heavy atom. The number of rotatable bonds is 9. The normalized spacial score (nSPS) is 10.6. The Hall–Kier alpha value is -2.49. The summed E-state index contributed by atoms with van der Waals surface area (Å²) >= 11 is 0. The molecule has 1 N–H and O–H groups in total. The highest BCUT2D eigenvalue weighted by molar-refractivity contribution is 5.75. The van der Waals surface area contributed by atoms with E-state index in [4.69, 9.17) is 9.47 Å². The fourth-order valence-corrected chi connectivity index (χ4v) is 2.42. The van der Waals surface area contributed by atoms with Gasteiger partial charge in [0.15, 0.2) is 0 Å². The van der Waals surface area contributed by atoms with Crippen LogP contribution in [-0.4, -0.2) is 19.6 Å². The van der Waals surface area contributed by atoms with Crippen LogP contribution in [0.1, 0.15) is 43.7 Å². The van der Waals surface area contributed by atoms with Crippen LogP contribution >= 0.6 is 0 Å². The lowest BCUT2D eigenvalue weighted by molar-refractivity contribution is -0.121. The zero-order valence-electron chi connectivity index (χ0n) is 15.2. The highest BCUT2D eigenvalue weighted by Crippen LogP contribution is 2.19. The van der Waals surface area contributed by atoms with Crippen molar-refractivity contribution in [3.05, 3.63) is 59.7 Å². The molecule has 4 nitrogen and oxygen atoms in total. The SMILES string of the molecule is COc1cccc(OCCCC(=O)NCc2ccc(C(C)C)cc2)c1. The average Bonchev–Trinajstić information content (AvgIpc) is 2.64. The van der Waals surface area contributed by atoms with Gasteiger partial charge in [0.1, 0.15) is 11.5 Å². The smallest absolute Gasteiger partial charge is 0.220 e. The third-order valence-corrected chi connectivity index (χ3v) is 3.99. The minimum Gasteiger partial charge on any atom is -0.497 e. The van der Waals surface area contributed by atoms with Gasteiger partial charge in [0.25, 0.3) is 0 Å². The second kappa shape index (κ2) is 9.72. The van der Waals surface area contributed by atoms with E-state index in [-0.39, 0.29) is 5.91 Å². The zero-order valence-corrected chi connectivity index (χ0v) is 15.2. The summed E-state index contributed by atoms with van der Waals surface area (Å²) in [6.07, 6.45) is 1.13. The van der Waals surface area contributed by atoms with Crippen LogP contribution in [0.15, 0.2) is 48.5 Å². The molecule has 2 aromatic carbocycles. The second-order valence-electron chi connectivity index (χ2n) is 6.30. The predicted molar refractivity (Wildman–Crippen MR) is 100 cm³/mol. The lowest BCUT2D eigenvalue weighted by Gasteiger charge is -2.09. The number of benzene rings is 2. The molecule has 0 unspecified atom stereocenters. The van der Waals surface area contributed by atoms with Crippen LogP contribution in [0.2, 0.25) is 0 Å². The minimum atomic E-state index is 0.0437. The van der Waals surface area contributed by atoms with Crippen molar-refractivity contribution in [1.82, 2.24) is 5.32 Å². The summed E-state index contributed by atoms with van der Waals surface area (Å²) in [5, 5.41) is 2.95. The third kappa shape index (κ3) is 6.49. The van der Waals surface area contributed by atoms with Gasteiger partial charge >= 0.3 is 0 Å². The standard InChI is InChI=1S/C21H27NO3/c1-16(2)18-11-9-17(10-12-18)15-22-21(23)8-5-13-25-20-7-4-6-19(14-20)24-3/h4,6-7,9-12,14,16H,5,8,13,15H2,1-3H3,(H,22,23). The molecule has 2 aromatic rings. The van der Waals surface area contributed by atoms with E-state index in [1.54, 1.807) is 7.11 Å². The second-order valence-corrected chi connectivity index (χ2v) is 6.30. The molecule has 134 valence electrons. The van der Waals surface area contributed by atoms with Gasteiger partial charge in [0.05, 0.1) is 13.7 Å². The highest BCUT2D eigenvalue weighted by atomic mass is 16.5. The highest BCUT2D eigenvalue weighted by Gasteiger charge is 2.03. The van der Waals surface area contributed by atoms with Crippen LogP contribution in [0.3, 0.4) is 0 Å². The first-order chi connectivity index (χ1) is 12.1. The number of hydrogen-bond donors (Lipinski definition) is 1. The molecule has 25 heavy (non-hydrogen) atoms. The molecule has 0 atom stereocenters. The van der Waals surface area contributed by atoms with Crippen LogP contribution in [0.4, 0.5) is 0 Å². The molecule has 0 radical (unpaired) electrons. The van der Waals surface area contributed by atoms with Crippen molar-refractivity contribution in [2.45, 2.75) is 39.2 Å². The Morgan fingerprint density at radius 2 is 1.80 bits per heavy atom. The van der Waals surface area contributed by atoms with Gasteiger partial charge in [-0.1, -0.05) is 44.2 Å². The number of ether oxygens (including phenoxy) is 2. The lowest BCUT2D eigenvalue weighted by Crippen LogP contribution is -2.23. The van der Waals surface area contributed by atoms with Crippen molar-refractivity contribution >= 4 is 5.91 Å². The van der Waals surface area contributed by atoms with Gasteiger partial charge in [-0.2, -0.15) is 0 Å². The fourth-order valence-electron chi connectivity index (χ4n) is 2.42. The number of hydrogen-bond acceptors (Lipinski definition) is 3. The molecular weight excluding hydrogens is 314 g/mol. The predicted octanol–water partition coefficient (Wildman–Crippen LogP) is 4.29. The third-order valence-electron chi connectivity index (χ3n) is 3.99. The Labute approximate surface area is 150 Å². The summed E-state index contributed by atoms with van der Waals surface area (Å²) in [4.78, 5) is 11.9. The largest absolute Gasteiger partial charge is 0.497 e. The first-order valence-electron chi connectivity index (χ1n) is 8.71. The Kier molecular flexibility index (Phi) is 7.33. The van der Waals surface area contributed by atoms with Crippen molar-refractivity contribution in [2.24, 2.45) is 0 Å². The minimum absolute atomic E-state index is 0.0437. The topological polar surface area (TPSA) is 47.6 Å². The molecule has 0 aromatic heterocycles. The maximum Gasteiger partial charge on any atom is 0.220 e. The van der Waals surface area contributed by atoms with Crippen LogP contribution in [0, 0.1) is 0 Å². The molecule has 0 fully saturated rings. The molecular formula is C21H27NO3. The quantitative estimate of drug-likeness (QED) is 0.692. The van der Waals surface area contributed by atoms with Crippen molar-refractivity contribution < 1.29 is 14.3 Å². The van der Waals surface area contributed by atoms with Gasteiger partial charge < -0.3 is 14.8 Å². The van der Waals surface area contributed by atoms with Crippen LogP contribution in [0.5, 0.6) is 11.5 Å². The molecule has 4 heteroatoms. The van der Waals surface area contributed by atoms with Gasteiger partial charge in [0, 0.05) is 19.0 Å². The summed E-state index contributed by atoms with van der Waals surface area (Å²) in [5.74, 6) is 2.08. The Morgan fingerprint density at radius 3 is 2.48 bits per heavy atom. The van der Waals surface area contributed by atoms with Gasteiger partial charge in [-0.3, -0.25) is 4.79 Å². The molecule has 0 spiro atoms. The summed E-state index contributed by atoms with van der Waals surface area (Å²) < 4.78 is 10.8. The molecule has 0 aliphatic carbocycles. The van der Waals surface area contributed by atoms with E-state index in [2.05, 4.69) is 43.4 Å². The first-order valence-corrected chi connectivity index (χ1v) is 8.71.